The molecule has 0 aliphatic rings. The van der Waals surface area contributed by atoms with Crippen molar-refractivity contribution in [2.45, 2.75) is 26.8 Å². The van der Waals surface area contributed by atoms with Gasteiger partial charge in [-0.15, -0.1) is 0 Å². The van der Waals surface area contributed by atoms with E-state index in [1.807, 2.05) is 31.3 Å². The number of hydrogen-bond donors (Lipinski definition) is 2. The van der Waals surface area contributed by atoms with E-state index in [9.17, 15) is 4.39 Å². The van der Waals surface area contributed by atoms with Crippen LogP contribution in [-0.4, -0.2) is 28.4 Å². The lowest BCUT2D eigenvalue weighted by Gasteiger charge is -2.11. The van der Waals surface area contributed by atoms with Gasteiger partial charge in [0.25, 0.3) is 0 Å². The largest absolute Gasteiger partial charge is 0.357 e. The van der Waals surface area contributed by atoms with Gasteiger partial charge in [0.05, 0.1) is 12.2 Å². The molecule has 26 heavy (non-hydrogen) atoms. The number of fused-ring (bicyclic) bond motifs is 1. The minimum atomic E-state index is -0.170. The number of pyridine rings is 1. The van der Waals surface area contributed by atoms with Crippen molar-refractivity contribution in [1.29, 1.82) is 0 Å². The Hall–Kier alpha value is -2.89. The fourth-order valence-electron chi connectivity index (χ4n) is 2.79. The van der Waals surface area contributed by atoms with Crippen molar-refractivity contribution in [3.63, 3.8) is 0 Å². The van der Waals surface area contributed by atoms with Crippen molar-refractivity contribution < 1.29 is 4.39 Å². The van der Waals surface area contributed by atoms with Gasteiger partial charge in [-0.3, -0.25) is 0 Å². The van der Waals surface area contributed by atoms with E-state index < -0.39 is 0 Å². The second-order valence-electron chi connectivity index (χ2n) is 6.09. The van der Waals surface area contributed by atoms with Crippen molar-refractivity contribution in [1.82, 2.24) is 20.0 Å². The highest BCUT2D eigenvalue weighted by Gasteiger charge is 2.04. The minimum Gasteiger partial charge on any atom is -0.357 e. The van der Waals surface area contributed by atoms with Gasteiger partial charge in [0.1, 0.15) is 11.5 Å². The van der Waals surface area contributed by atoms with Gasteiger partial charge >= 0.3 is 0 Å². The summed E-state index contributed by atoms with van der Waals surface area (Å²) in [7, 11) is 0. The molecule has 2 N–H and O–H groups in total. The number of aliphatic imine (C=N–C) groups is 1. The first-order valence-corrected chi connectivity index (χ1v) is 8.86. The van der Waals surface area contributed by atoms with E-state index in [0.29, 0.717) is 31.0 Å². The Morgan fingerprint density at radius 2 is 2.00 bits per heavy atom. The zero-order chi connectivity index (χ0) is 18.4. The Morgan fingerprint density at radius 1 is 1.15 bits per heavy atom. The predicted molar refractivity (Wildman–Crippen MR) is 103 cm³/mol. The minimum absolute atomic E-state index is 0.170. The van der Waals surface area contributed by atoms with Crippen LogP contribution in [-0.2, 0) is 13.0 Å². The lowest BCUT2D eigenvalue weighted by molar-refractivity contribution is 0.606. The number of aromatic nitrogens is 2. The molecule has 3 aromatic rings. The molecule has 0 spiro atoms. The molecule has 2 heterocycles. The highest BCUT2D eigenvalue weighted by Crippen LogP contribution is 2.09. The summed E-state index contributed by atoms with van der Waals surface area (Å²) in [5, 5.41) is 6.46. The van der Waals surface area contributed by atoms with Crippen molar-refractivity contribution in [2.24, 2.45) is 4.99 Å². The van der Waals surface area contributed by atoms with Gasteiger partial charge in [0, 0.05) is 25.0 Å². The Balaban J connectivity index is 1.62. The lowest BCUT2D eigenvalue weighted by atomic mass is 10.1. The van der Waals surface area contributed by atoms with Crippen LogP contribution >= 0.6 is 0 Å². The SMILES string of the molecule is CCNC(=NCc1cn2c(C)cccc2n1)NCCc1ccccc1F. The maximum absolute atomic E-state index is 13.7. The molecule has 0 amide bonds. The number of hydrogen-bond acceptors (Lipinski definition) is 2. The molecule has 3 rings (SSSR count). The molecule has 0 fully saturated rings. The van der Waals surface area contributed by atoms with E-state index in [0.717, 1.165) is 23.6 Å². The number of guanidine groups is 1. The van der Waals surface area contributed by atoms with Gasteiger partial charge in [-0.25, -0.2) is 14.4 Å². The Kier molecular flexibility index (Phi) is 5.84. The van der Waals surface area contributed by atoms with E-state index in [1.54, 1.807) is 12.1 Å². The maximum atomic E-state index is 13.7. The van der Waals surface area contributed by atoms with Gasteiger partial charge in [-0.2, -0.15) is 0 Å². The number of rotatable bonds is 6. The lowest BCUT2D eigenvalue weighted by Crippen LogP contribution is -2.38. The predicted octanol–water partition coefficient (Wildman–Crippen LogP) is 3.08. The number of imidazole rings is 1. The highest BCUT2D eigenvalue weighted by molar-refractivity contribution is 5.79. The molecule has 1 aromatic carbocycles. The molecule has 0 atom stereocenters. The van der Waals surface area contributed by atoms with Crippen LogP contribution in [0.5, 0.6) is 0 Å². The first-order valence-electron chi connectivity index (χ1n) is 8.86. The zero-order valence-electron chi connectivity index (χ0n) is 15.2. The second kappa shape index (κ2) is 8.47. The van der Waals surface area contributed by atoms with Crippen LogP contribution in [0.25, 0.3) is 5.65 Å². The molecule has 0 bridgehead atoms. The average Bonchev–Trinajstić information content (AvgIpc) is 3.06. The Morgan fingerprint density at radius 3 is 2.77 bits per heavy atom. The molecular formula is C20H24FN5. The van der Waals surface area contributed by atoms with Crippen molar-refractivity contribution >= 4 is 11.6 Å². The zero-order valence-corrected chi connectivity index (χ0v) is 15.2. The Labute approximate surface area is 153 Å². The first kappa shape index (κ1) is 17.9. The van der Waals surface area contributed by atoms with Crippen LogP contribution in [0.15, 0.2) is 53.7 Å². The van der Waals surface area contributed by atoms with Crippen LogP contribution in [0.2, 0.25) is 0 Å². The summed E-state index contributed by atoms with van der Waals surface area (Å²) in [6.07, 6.45) is 2.61. The van der Waals surface area contributed by atoms with Crippen molar-refractivity contribution in [3.05, 3.63) is 71.4 Å². The third-order valence-electron chi connectivity index (χ3n) is 4.13. The molecule has 0 aliphatic carbocycles. The van der Waals surface area contributed by atoms with Crippen LogP contribution in [0.4, 0.5) is 4.39 Å². The molecule has 6 heteroatoms. The third-order valence-corrected chi connectivity index (χ3v) is 4.13. The standard InChI is InChI=1S/C20H24FN5/c1-3-22-20(23-12-11-16-8-4-5-9-18(16)21)24-13-17-14-26-15(2)7-6-10-19(26)25-17/h4-10,14H,3,11-13H2,1-2H3,(H2,22,23,24). The number of nitrogens with zero attached hydrogens (tertiary/aromatic N) is 3. The molecule has 0 saturated carbocycles. The molecule has 5 nitrogen and oxygen atoms in total. The van der Waals surface area contributed by atoms with E-state index in [2.05, 4.69) is 38.0 Å². The topological polar surface area (TPSA) is 53.7 Å². The summed E-state index contributed by atoms with van der Waals surface area (Å²) in [4.78, 5) is 9.18. The van der Waals surface area contributed by atoms with Crippen LogP contribution in [0.3, 0.4) is 0 Å². The van der Waals surface area contributed by atoms with E-state index >= 15 is 0 Å². The van der Waals surface area contributed by atoms with E-state index in [4.69, 9.17) is 0 Å². The summed E-state index contributed by atoms with van der Waals surface area (Å²) in [6.45, 7) is 5.92. The van der Waals surface area contributed by atoms with Crippen LogP contribution in [0.1, 0.15) is 23.9 Å². The third kappa shape index (κ3) is 4.39. The molecule has 0 unspecified atom stereocenters. The molecule has 2 aromatic heterocycles. The first-order chi connectivity index (χ1) is 12.7. The normalized spacial score (nSPS) is 11.7. The van der Waals surface area contributed by atoms with Crippen LogP contribution < -0.4 is 10.6 Å². The number of aryl methyl sites for hydroxylation is 1. The smallest absolute Gasteiger partial charge is 0.191 e. The molecule has 0 aliphatic heterocycles. The van der Waals surface area contributed by atoms with E-state index in [-0.39, 0.29) is 5.82 Å². The molecule has 136 valence electrons. The van der Waals surface area contributed by atoms with Gasteiger partial charge in [-0.1, -0.05) is 24.3 Å². The maximum Gasteiger partial charge on any atom is 0.191 e. The van der Waals surface area contributed by atoms with Gasteiger partial charge in [0.2, 0.25) is 0 Å². The quantitative estimate of drug-likeness (QED) is 0.529. The van der Waals surface area contributed by atoms with Crippen LogP contribution in [0, 0.1) is 12.7 Å². The number of benzene rings is 1. The number of halogens is 1. The fraction of sp³-hybridized carbons (Fsp3) is 0.300. The number of nitrogens with one attached hydrogen (secondary N) is 2. The summed E-state index contributed by atoms with van der Waals surface area (Å²) in [5.41, 5.74) is 3.67. The molecule has 0 radical (unpaired) electrons. The molecule has 0 saturated heterocycles. The van der Waals surface area contributed by atoms with E-state index in [1.165, 1.54) is 6.07 Å². The molecular weight excluding hydrogens is 329 g/mol. The van der Waals surface area contributed by atoms with Gasteiger partial charge < -0.3 is 15.0 Å². The summed E-state index contributed by atoms with van der Waals surface area (Å²) in [5.74, 6) is 0.536. The summed E-state index contributed by atoms with van der Waals surface area (Å²) < 4.78 is 15.7. The monoisotopic (exact) mass is 353 g/mol. The summed E-state index contributed by atoms with van der Waals surface area (Å²) in [6, 6.07) is 12.9. The average molecular weight is 353 g/mol. The summed E-state index contributed by atoms with van der Waals surface area (Å²) >= 11 is 0. The van der Waals surface area contributed by atoms with Crippen molar-refractivity contribution in [3.8, 4) is 0 Å². The van der Waals surface area contributed by atoms with Gasteiger partial charge in [0.15, 0.2) is 5.96 Å². The Bertz CT molecular complexity index is 900. The second-order valence-corrected chi connectivity index (χ2v) is 6.09. The highest BCUT2D eigenvalue weighted by atomic mass is 19.1. The van der Waals surface area contributed by atoms with Gasteiger partial charge in [-0.05, 0) is 44.0 Å². The fourth-order valence-corrected chi connectivity index (χ4v) is 2.79. The van der Waals surface area contributed by atoms with Crippen molar-refractivity contribution in [2.75, 3.05) is 13.1 Å².